The van der Waals surface area contributed by atoms with Crippen molar-refractivity contribution in [3.63, 3.8) is 0 Å². The van der Waals surface area contributed by atoms with Crippen LogP contribution in [-0.2, 0) is 9.31 Å². The van der Waals surface area contributed by atoms with Gasteiger partial charge in [0.05, 0.1) is 16.9 Å². The third-order valence-electron chi connectivity index (χ3n) is 4.52. The quantitative estimate of drug-likeness (QED) is 0.675. The Morgan fingerprint density at radius 2 is 1.79 bits per heavy atom. The van der Waals surface area contributed by atoms with Gasteiger partial charge in [-0.3, -0.25) is 4.99 Å². The van der Waals surface area contributed by atoms with Crippen molar-refractivity contribution in [2.75, 3.05) is 0 Å². The van der Waals surface area contributed by atoms with Gasteiger partial charge in [0.15, 0.2) is 0 Å². The molecule has 0 N–H and O–H groups in total. The fraction of sp³-hybridized carbons (Fsp3) is 0.533. The first-order chi connectivity index (χ1) is 8.80. The number of nitrogens with zero attached hydrogens (tertiary/aromatic N) is 1. The summed E-state index contributed by atoms with van der Waals surface area (Å²) in [5.74, 6) is 0. The minimum Gasteiger partial charge on any atom is -0.399 e. The van der Waals surface area contributed by atoms with Crippen molar-refractivity contribution < 1.29 is 9.31 Å². The molecule has 0 atom stereocenters. The van der Waals surface area contributed by atoms with Gasteiger partial charge in [-0.2, -0.15) is 0 Å². The number of fused-ring (bicyclic) bond motifs is 1. The summed E-state index contributed by atoms with van der Waals surface area (Å²) in [7, 11) is -0.271. The molecule has 0 radical (unpaired) electrons. The first-order valence-corrected chi connectivity index (χ1v) is 6.82. The van der Waals surface area contributed by atoms with Crippen LogP contribution in [-0.4, -0.2) is 24.0 Å². The van der Waals surface area contributed by atoms with Gasteiger partial charge in [0.2, 0.25) is 0 Å². The van der Waals surface area contributed by atoms with E-state index in [-0.39, 0.29) is 18.3 Å². The van der Waals surface area contributed by atoms with Gasteiger partial charge in [0.25, 0.3) is 0 Å². The first-order valence-electron chi connectivity index (χ1n) is 6.82. The van der Waals surface area contributed by atoms with Crippen LogP contribution >= 0.6 is 0 Å². The fourth-order valence-electron chi connectivity index (χ4n) is 2.48. The summed E-state index contributed by atoms with van der Waals surface area (Å²) >= 11 is 0. The molecule has 0 unspecified atom stereocenters. The summed E-state index contributed by atoms with van der Waals surface area (Å²) in [5.41, 5.74) is 4.14. The van der Waals surface area contributed by atoms with Crippen molar-refractivity contribution in [1.82, 2.24) is 0 Å². The largest absolute Gasteiger partial charge is 0.494 e. The maximum Gasteiger partial charge on any atom is 0.494 e. The minimum absolute atomic E-state index is 0.271. The van der Waals surface area contributed by atoms with E-state index in [1.54, 1.807) is 0 Å². The van der Waals surface area contributed by atoms with Gasteiger partial charge in [0, 0.05) is 18.2 Å². The normalized spacial score (nSPS) is 27.5. The Bertz CT molecular complexity index is 536. The minimum atomic E-state index is -0.286. The van der Waals surface area contributed by atoms with E-state index in [9.17, 15) is 0 Å². The Morgan fingerprint density at radius 1 is 1.16 bits per heavy atom. The predicted octanol–water partition coefficient (Wildman–Crippen LogP) is 3.23. The zero-order valence-electron chi connectivity index (χ0n) is 12.3. The van der Waals surface area contributed by atoms with Crippen molar-refractivity contribution in [2.45, 2.75) is 52.2 Å². The van der Waals surface area contributed by atoms with Gasteiger partial charge >= 0.3 is 7.12 Å². The van der Waals surface area contributed by atoms with Crippen LogP contribution in [0.5, 0.6) is 0 Å². The topological polar surface area (TPSA) is 30.8 Å². The lowest BCUT2D eigenvalue weighted by molar-refractivity contribution is 0.00578. The molecule has 1 saturated heterocycles. The zero-order chi connectivity index (χ0) is 13.8. The maximum absolute atomic E-state index is 6.09. The zero-order valence-corrected chi connectivity index (χ0v) is 12.3. The summed E-state index contributed by atoms with van der Waals surface area (Å²) in [4.78, 5) is 4.42. The van der Waals surface area contributed by atoms with E-state index in [0.29, 0.717) is 0 Å². The average molecular weight is 257 g/mol. The molecule has 19 heavy (non-hydrogen) atoms. The van der Waals surface area contributed by atoms with E-state index in [1.807, 2.05) is 6.20 Å². The Kier molecular flexibility index (Phi) is 2.67. The van der Waals surface area contributed by atoms with Crippen LogP contribution in [0.25, 0.3) is 0 Å². The molecule has 1 aliphatic carbocycles. The first kappa shape index (κ1) is 12.9. The van der Waals surface area contributed by atoms with E-state index in [0.717, 1.165) is 17.6 Å². The molecule has 0 saturated carbocycles. The molecule has 4 heteroatoms. The lowest BCUT2D eigenvalue weighted by Crippen LogP contribution is -2.41. The molecular formula is C15H20BNO2. The molecular weight excluding hydrogens is 237 g/mol. The SMILES string of the molecule is CC1=CN=C2CC=C(B3OC(C)(C)C(C)(C)O3)C=C12. The van der Waals surface area contributed by atoms with Crippen LogP contribution < -0.4 is 0 Å². The molecule has 3 rings (SSSR count). The summed E-state index contributed by atoms with van der Waals surface area (Å²) in [6, 6.07) is 0. The highest BCUT2D eigenvalue weighted by Crippen LogP contribution is 2.40. The highest BCUT2D eigenvalue weighted by atomic mass is 16.7. The van der Waals surface area contributed by atoms with Crippen LogP contribution in [0.4, 0.5) is 0 Å². The molecule has 0 bridgehead atoms. The predicted molar refractivity (Wildman–Crippen MR) is 78.1 cm³/mol. The number of aliphatic imine (C=N–C) groups is 1. The van der Waals surface area contributed by atoms with Crippen LogP contribution in [0.2, 0.25) is 0 Å². The standard InChI is InChI=1S/C15H20BNO2/c1-10-9-17-13-7-6-11(8-12(10)13)16-18-14(2,3)15(4,5)19-16/h6,8-9H,7H2,1-5H3. The van der Waals surface area contributed by atoms with E-state index in [1.165, 1.54) is 11.1 Å². The Labute approximate surface area is 115 Å². The van der Waals surface area contributed by atoms with Crippen molar-refractivity contribution >= 4 is 12.8 Å². The second kappa shape index (κ2) is 3.93. The van der Waals surface area contributed by atoms with Crippen molar-refractivity contribution in [3.05, 3.63) is 35.0 Å². The molecule has 0 spiro atoms. The smallest absolute Gasteiger partial charge is 0.399 e. The fourth-order valence-corrected chi connectivity index (χ4v) is 2.48. The summed E-state index contributed by atoms with van der Waals surface area (Å²) in [5, 5.41) is 0. The van der Waals surface area contributed by atoms with Crippen LogP contribution in [0, 0.1) is 0 Å². The summed E-state index contributed by atoms with van der Waals surface area (Å²) in [6.45, 7) is 10.4. The summed E-state index contributed by atoms with van der Waals surface area (Å²) < 4.78 is 12.2. The summed E-state index contributed by atoms with van der Waals surface area (Å²) in [6.07, 6.45) is 7.11. The lowest BCUT2D eigenvalue weighted by Gasteiger charge is -2.32. The number of hydrogen-bond acceptors (Lipinski definition) is 3. The van der Waals surface area contributed by atoms with Gasteiger partial charge in [-0.15, -0.1) is 0 Å². The second-order valence-corrected chi connectivity index (χ2v) is 6.44. The molecule has 3 aliphatic rings. The maximum atomic E-state index is 6.09. The van der Waals surface area contributed by atoms with E-state index in [4.69, 9.17) is 9.31 Å². The number of rotatable bonds is 1. The Balaban J connectivity index is 1.87. The molecule has 100 valence electrons. The molecule has 0 aromatic heterocycles. The molecule has 1 fully saturated rings. The van der Waals surface area contributed by atoms with Crippen LogP contribution in [0.3, 0.4) is 0 Å². The molecule has 2 heterocycles. The third-order valence-corrected chi connectivity index (χ3v) is 4.52. The Hall–Kier alpha value is -1.13. The highest BCUT2D eigenvalue weighted by Gasteiger charge is 2.52. The van der Waals surface area contributed by atoms with E-state index < -0.39 is 0 Å². The highest BCUT2D eigenvalue weighted by molar-refractivity contribution is 6.56. The van der Waals surface area contributed by atoms with Gasteiger partial charge in [-0.05, 0) is 45.7 Å². The van der Waals surface area contributed by atoms with Gasteiger partial charge in [-0.1, -0.05) is 12.2 Å². The second-order valence-electron chi connectivity index (χ2n) is 6.44. The van der Waals surface area contributed by atoms with Crippen molar-refractivity contribution in [1.29, 1.82) is 0 Å². The molecule has 3 nitrogen and oxygen atoms in total. The molecule has 0 amide bonds. The third kappa shape index (κ3) is 1.94. The number of hydrogen-bond donors (Lipinski definition) is 0. The van der Waals surface area contributed by atoms with Crippen LogP contribution in [0.15, 0.2) is 40.0 Å². The van der Waals surface area contributed by atoms with Gasteiger partial charge in [0.1, 0.15) is 0 Å². The molecule has 0 aromatic rings. The van der Waals surface area contributed by atoms with Gasteiger partial charge < -0.3 is 9.31 Å². The van der Waals surface area contributed by atoms with Gasteiger partial charge in [-0.25, -0.2) is 0 Å². The molecule has 0 aromatic carbocycles. The monoisotopic (exact) mass is 257 g/mol. The molecule has 2 aliphatic heterocycles. The Morgan fingerprint density at radius 3 is 2.42 bits per heavy atom. The average Bonchev–Trinajstić information content (AvgIpc) is 2.78. The van der Waals surface area contributed by atoms with Crippen molar-refractivity contribution in [3.8, 4) is 0 Å². The van der Waals surface area contributed by atoms with E-state index in [2.05, 4.69) is 51.8 Å². The van der Waals surface area contributed by atoms with E-state index >= 15 is 0 Å². The number of allylic oxidation sites excluding steroid dienone is 5. The van der Waals surface area contributed by atoms with Crippen LogP contribution in [0.1, 0.15) is 41.0 Å². The van der Waals surface area contributed by atoms with Crippen molar-refractivity contribution in [2.24, 2.45) is 4.99 Å². The lowest BCUT2D eigenvalue weighted by atomic mass is 9.73.